The molecule has 0 unspecified atom stereocenters. The molecule has 0 N–H and O–H groups in total. The van der Waals surface area contributed by atoms with E-state index in [1.807, 2.05) is 24.3 Å². The highest BCUT2D eigenvalue weighted by atomic mass is 35.5. The third-order valence-corrected chi connectivity index (χ3v) is 5.66. The van der Waals surface area contributed by atoms with Crippen molar-refractivity contribution in [3.05, 3.63) is 34.7 Å². The van der Waals surface area contributed by atoms with Crippen molar-refractivity contribution in [1.82, 2.24) is 4.98 Å². The standard InChI is InChI=1S/C16H17ClN2OS/c17-13-5-2-1-4-12(13)14-10-21-15(18-14)19-8-9-20-16(11-19)6-3-7-16/h1-2,4-5,10H,3,6-9,11H2. The molecule has 0 bridgehead atoms. The van der Waals surface area contributed by atoms with Crippen molar-refractivity contribution in [3.8, 4) is 11.3 Å². The van der Waals surface area contributed by atoms with Crippen LogP contribution in [0, 0.1) is 0 Å². The van der Waals surface area contributed by atoms with Gasteiger partial charge in [0.25, 0.3) is 0 Å². The highest BCUT2D eigenvalue weighted by molar-refractivity contribution is 7.14. The van der Waals surface area contributed by atoms with Crippen molar-refractivity contribution in [2.45, 2.75) is 24.9 Å². The lowest BCUT2D eigenvalue weighted by atomic mass is 9.79. The number of morpholine rings is 1. The summed E-state index contributed by atoms with van der Waals surface area (Å²) < 4.78 is 5.98. The van der Waals surface area contributed by atoms with Gasteiger partial charge in [-0.25, -0.2) is 4.98 Å². The van der Waals surface area contributed by atoms with Crippen molar-refractivity contribution in [3.63, 3.8) is 0 Å². The lowest BCUT2D eigenvalue weighted by molar-refractivity contribution is -0.106. The zero-order valence-corrected chi connectivity index (χ0v) is 13.3. The summed E-state index contributed by atoms with van der Waals surface area (Å²) in [6.07, 6.45) is 3.66. The Morgan fingerprint density at radius 2 is 2.14 bits per heavy atom. The van der Waals surface area contributed by atoms with E-state index in [4.69, 9.17) is 21.3 Å². The van der Waals surface area contributed by atoms with E-state index in [1.165, 1.54) is 19.3 Å². The largest absolute Gasteiger partial charge is 0.371 e. The normalized spacial score (nSPS) is 20.5. The number of rotatable bonds is 2. The molecular formula is C16H17ClN2OS. The van der Waals surface area contributed by atoms with Crippen LogP contribution in [0.25, 0.3) is 11.3 Å². The van der Waals surface area contributed by atoms with Crippen molar-refractivity contribution in [2.24, 2.45) is 0 Å². The van der Waals surface area contributed by atoms with E-state index in [-0.39, 0.29) is 5.60 Å². The maximum atomic E-state index is 6.26. The third-order valence-electron chi connectivity index (χ3n) is 4.43. The molecule has 2 aromatic rings. The number of hydrogen-bond acceptors (Lipinski definition) is 4. The van der Waals surface area contributed by atoms with Crippen LogP contribution in [0.15, 0.2) is 29.6 Å². The van der Waals surface area contributed by atoms with Gasteiger partial charge in [0, 0.05) is 29.1 Å². The Hall–Kier alpha value is -1.10. The summed E-state index contributed by atoms with van der Waals surface area (Å²) in [5.41, 5.74) is 2.08. The number of nitrogens with zero attached hydrogens (tertiary/aromatic N) is 2. The number of aromatic nitrogens is 1. The van der Waals surface area contributed by atoms with Gasteiger partial charge in [-0.15, -0.1) is 11.3 Å². The van der Waals surface area contributed by atoms with Crippen molar-refractivity contribution in [1.29, 1.82) is 0 Å². The number of anilines is 1. The molecule has 0 atom stereocenters. The van der Waals surface area contributed by atoms with E-state index < -0.39 is 0 Å². The summed E-state index contributed by atoms with van der Waals surface area (Å²) in [5.74, 6) is 0. The van der Waals surface area contributed by atoms with Crippen LogP contribution in [-0.2, 0) is 4.74 Å². The molecular weight excluding hydrogens is 304 g/mol. The van der Waals surface area contributed by atoms with Crippen LogP contribution in [0.3, 0.4) is 0 Å². The first-order chi connectivity index (χ1) is 10.3. The second-order valence-corrected chi connectivity index (χ2v) is 7.05. The molecule has 1 aromatic heterocycles. The van der Waals surface area contributed by atoms with E-state index >= 15 is 0 Å². The number of hydrogen-bond donors (Lipinski definition) is 0. The molecule has 2 heterocycles. The van der Waals surface area contributed by atoms with Gasteiger partial charge in [-0.2, -0.15) is 0 Å². The van der Waals surface area contributed by atoms with E-state index in [9.17, 15) is 0 Å². The molecule has 1 saturated carbocycles. The lowest BCUT2D eigenvalue weighted by Gasteiger charge is -2.48. The molecule has 1 spiro atoms. The van der Waals surface area contributed by atoms with E-state index in [0.717, 1.165) is 41.1 Å². The van der Waals surface area contributed by atoms with Gasteiger partial charge in [0.15, 0.2) is 5.13 Å². The van der Waals surface area contributed by atoms with Crippen LogP contribution in [0.1, 0.15) is 19.3 Å². The molecule has 2 fully saturated rings. The molecule has 1 aromatic carbocycles. The number of thiazole rings is 1. The van der Waals surface area contributed by atoms with Crippen LogP contribution >= 0.6 is 22.9 Å². The van der Waals surface area contributed by atoms with Gasteiger partial charge in [-0.05, 0) is 25.3 Å². The zero-order valence-electron chi connectivity index (χ0n) is 11.7. The molecule has 3 nitrogen and oxygen atoms in total. The van der Waals surface area contributed by atoms with Gasteiger partial charge >= 0.3 is 0 Å². The minimum absolute atomic E-state index is 0.106. The van der Waals surface area contributed by atoms with Gasteiger partial charge in [0.05, 0.1) is 17.9 Å². The van der Waals surface area contributed by atoms with Crippen molar-refractivity contribution >= 4 is 28.1 Å². The molecule has 4 rings (SSSR count). The van der Waals surface area contributed by atoms with E-state index in [2.05, 4.69) is 10.3 Å². The summed E-state index contributed by atoms with van der Waals surface area (Å²) >= 11 is 7.96. The van der Waals surface area contributed by atoms with Crippen LogP contribution < -0.4 is 4.90 Å². The summed E-state index contributed by atoms with van der Waals surface area (Å²) in [7, 11) is 0. The van der Waals surface area contributed by atoms with Gasteiger partial charge in [-0.1, -0.05) is 29.8 Å². The van der Waals surface area contributed by atoms with E-state index in [0.29, 0.717) is 0 Å². The molecule has 110 valence electrons. The molecule has 5 heteroatoms. The Morgan fingerprint density at radius 1 is 1.29 bits per heavy atom. The van der Waals surface area contributed by atoms with Gasteiger partial charge < -0.3 is 9.64 Å². The second-order valence-electron chi connectivity index (χ2n) is 5.80. The summed E-state index contributed by atoms with van der Waals surface area (Å²) in [4.78, 5) is 7.16. The first kappa shape index (κ1) is 13.6. The lowest BCUT2D eigenvalue weighted by Crippen LogP contribution is -2.55. The summed E-state index contributed by atoms with van der Waals surface area (Å²) in [6.45, 7) is 2.71. The Kier molecular flexibility index (Phi) is 3.40. The Bertz CT molecular complexity index is 653. The predicted octanol–water partition coefficient (Wildman–Crippen LogP) is 4.22. The van der Waals surface area contributed by atoms with Crippen LogP contribution in [-0.4, -0.2) is 30.3 Å². The fourth-order valence-corrected chi connectivity index (χ4v) is 4.17. The van der Waals surface area contributed by atoms with Gasteiger partial charge in [0.2, 0.25) is 0 Å². The smallest absolute Gasteiger partial charge is 0.186 e. The Balaban J connectivity index is 1.58. The fraction of sp³-hybridized carbons (Fsp3) is 0.438. The van der Waals surface area contributed by atoms with Gasteiger partial charge in [0.1, 0.15) is 0 Å². The van der Waals surface area contributed by atoms with Crippen LogP contribution in [0.4, 0.5) is 5.13 Å². The molecule has 21 heavy (non-hydrogen) atoms. The predicted molar refractivity (Wildman–Crippen MR) is 87.3 cm³/mol. The molecule has 0 radical (unpaired) electrons. The summed E-state index contributed by atoms with van der Waals surface area (Å²) in [6, 6.07) is 7.88. The van der Waals surface area contributed by atoms with Crippen molar-refractivity contribution < 1.29 is 4.74 Å². The second kappa shape index (κ2) is 5.27. The molecule has 1 aliphatic carbocycles. The SMILES string of the molecule is Clc1ccccc1-c1csc(N2CCOC3(CCC3)C2)n1. The highest BCUT2D eigenvalue weighted by Crippen LogP contribution is 2.40. The molecule has 1 aliphatic heterocycles. The summed E-state index contributed by atoms with van der Waals surface area (Å²) in [5, 5.41) is 3.94. The molecule has 0 amide bonds. The first-order valence-electron chi connectivity index (χ1n) is 7.35. The fourth-order valence-electron chi connectivity index (χ4n) is 3.08. The molecule has 1 saturated heterocycles. The Morgan fingerprint density at radius 3 is 2.90 bits per heavy atom. The van der Waals surface area contributed by atoms with Crippen LogP contribution in [0.5, 0.6) is 0 Å². The van der Waals surface area contributed by atoms with Gasteiger partial charge in [-0.3, -0.25) is 0 Å². The zero-order chi connectivity index (χ0) is 14.3. The number of ether oxygens (including phenoxy) is 1. The third kappa shape index (κ3) is 2.45. The number of benzene rings is 1. The van der Waals surface area contributed by atoms with Crippen molar-refractivity contribution in [2.75, 3.05) is 24.6 Å². The monoisotopic (exact) mass is 320 g/mol. The highest BCUT2D eigenvalue weighted by Gasteiger charge is 2.42. The topological polar surface area (TPSA) is 25.4 Å². The maximum Gasteiger partial charge on any atom is 0.186 e. The average Bonchev–Trinajstić information content (AvgIpc) is 2.96. The maximum absolute atomic E-state index is 6.26. The minimum atomic E-state index is 0.106. The quantitative estimate of drug-likeness (QED) is 0.828. The molecule has 2 aliphatic rings. The first-order valence-corrected chi connectivity index (χ1v) is 8.61. The number of halogens is 1. The van der Waals surface area contributed by atoms with E-state index in [1.54, 1.807) is 11.3 Å². The minimum Gasteiger partial charge on any atom is -0.371 e. The average molecular weight is 321 g/mol. The van der Waals surface area contributed by atoms with Crippen LogP contribution in [0.2, 0.25) is 5.02 Å². The Labute approximate surface area is 133 Å².